The van der Waals surface area contributed by atoms with Crippen molar-refractivity contribution in [3.05, 3.63) is 90.1 Å². The van der Waals surface area contributed by atoms with Crippen molar-refractivity contribution in [3.63, 3.8) is 0 Å². The maximum Gasteiger partial charge on any atom is 0.192 e. The van der Waals surface area contributed by atoms with Gasteiger partial charge in [-0.05, 0) is 52.5 Å². The molecule has 0 amide bonds. The minimum atomic E-state index is 0.135. The van der Waals surface area contributed by atoms with Crippen molar-refractivity contribution >= 4 is 51.5 Å². The van der Waals surface area contributed by atoms with Gasteiger partial charge in [0.25, 0.3) is 0 Å². The molecule has 1 unspecified atom stereocenters. The number of rotatable bonds is 4. The predicted octanol–water partition coefficient (Wildman–Crippen LogP) is 6.33. The van der Waals surface area contributed by atoms with Crippen LogP contribution in [0.5, 0.6) is 11.5 Å². The molecule has 1 aliphatic rings. The van der Waals surface area contributed by atoms with E-state index in [0.29, 0.717) is 5.75 Å². The fourth-order valence-electron chi connectivity index (χ4n) is 3.82. The maximum absolute atomic E-state index is 10.3. The predicted molar refractivity (Wildman–Crippen MR) is 126 cm³/mol. The fraction of sp³-hybridized carbons (Fsp3) is 0.0870. The Morgan fingerprint density at radius 3 is 2.76 bits per heavy atom. The van der Waals surface area contributed by atoms with Crippen LogP contribution in [0.3, 0.4) is 0 Å². The Morgan fingerprint density at radius 2 is 1.90 bits per heavy atom. The number of benzene rings is 3. The molecule has 0 saturated carbocycles. The molecule has 6 heteroatoms. The van der Waals surface area contributed by atoms with E-state index >= 15 is 0 Å². The number of phenolic OH excluding ortho intramolecular Hbond substituents is 1. The summed E-state index contributed by atoms with van der Waals surface area (Å²) in [6.07, 6.45) is 1.84. The fourth-order valence-corrected chi connectivity index (χ4v) is 5.31. The number of aromatic hydroxyl groups is 1. The van der Waals surface area contributed by atoms with Crippen LogP contribution in [0.1, 0.15) is 17.0 Å². The highest BCUT2D eigenvalue weighted by Gasteiger charge is 2.32. The van der Waals surface area contributed by atoms with E-state index < -0.39 is 0 Å². The number of phenols is 1. The Hall–Kier alpha value is -2.45. The summed E-state index contributed by atoms with van der Waals surface area (Å²) < 4.78 is 7.42. The molecular weight excluding hydrogens is 495 g/mol. The van der Waals surface area contributed by atoms with Crippen LogP contribution in [-0.2, 0) is 0 Å². The van der Waals surface area contributed by atoms with Crippen molar-refractivity contribution < 1.29 is 8.17 Å². The smallest absolute Gasteiger partial charge is 0.192 e. The molecule has 1 aliphatic heterocycles. The third-order valence-corrected chi connectivity index (χ3v) is 6.77. The van der Waals surface area contributed by atoms with Crippen LogP contribution in [0.4, 0.5) is 5.82 Å². The number of hydrogen-bond acceptors (Lipinski definition) is 5. The van der Waals surface area contributed by atoms with Gasteiger partial charge in [-0.1, -0.05) is 48.5 Å². The molecule has 1 N–H and O–H groups in total. The van der Waals surface area contributed by atoms with Gasteiger partial charge in [0, 0.05) is 29.1 Å². The summed E-state index contributed by atoms with van der Waals surface area (Å²) >= 11 is 3.50. The summed E-state index contributed by atoms with van der Waals surface area (Å²) in [7, 11) is 0. The van der Waals surface area contributed by atoms with Crippen molar-refractivity contribution in [2.75, 3.05) is 10.8 Å². The lowest BCUT2D eigenvalue weighted by Crippen LogP contribution is -2.14. The molecule has 0 radical (unpaired) electrons. The lowest BCUT2D eigenvalue weighted by molar-refractivity contribution is 0.456. The summed E-state index contributed by atoms with van der Waals surface area (Å²) in [6.45, 7) is 0.782. The Morgan fingerprint density at radius 1 is 1.03 bits per heavy atom. The van der Waals surface area contributed by atoms with E-state index in [4.69, 9.17) is 3.07 Å². The van der Waals surface area contributed by atoms with E-state index in [9.17, 15) is 5.11 Å². The van der Waals surface area contributed by atoms with Crippen LogP contribution < -0.4 is 7.37 Å². The average Bonchev–Trinajstić information content (AvgIpc) is 3.12. The minimum absolute atomic E-state index is 0.135. The minimum Gasteiger partial charge on any atom is -0.504 e. The summed E-state index contributed by atoms with van der Waals surface area (Å²) in [4.78, 5) is 5.87. The molecule has 0 saturated heterocycles. The largest absolute Gasteiger partial charge is 0.504 e. The number of fused-ring (bicyclic) bond motifs is 2. The van der Waals surface area contributed by atoms with E-state index in [0.717, 1.165) is 17.9 Å². The molecule has 2 heterocycles. The molecule has 0 spiro atoms. The molecular formula is C23H17IN2O2S. The van der Waals surface area contributed by atoms with Gasteiger partial charge >= 0.3 is 0 Å². The van der Waals surface area contributed by atoms with Crippen LogP contribution >= 0.6 is 35.0 Å². The van der Waals surface area contributed by atoms with Gasteiger partial charge in [0.15, 0.2) is 34.5 Å². The second-order valence-electron chi connectivity index (χ2n) is 6.90. The molecule has 1 aromatic heterocycles. The zero-order valence-electron chi connectivity index (χ0n) is 15.3. The van der Waals surface area contributed by atoms with Crippen molar-refractivity contribution in [1.82, 2.24) is 4.98 Å². The maximum atomic E-state index is 10.3. The van der Waals surface area contributed by atoms with Crippen LogP contribution in [0.15, 0.2) is 83.9 Å². The number of aromatic nitrogens is 1. The first-order valence-electron chi connectivity index (χ1n) is 9.24. The Labute approximate surface area is 187 Å². The van der Waals surface area contributed by atoms with Crippen molar-refractivity contribution in [2.24, 2.45) is 0 Å². The summed E-state index contributed by atoms with van der Waals surface area (Å²) in [5, 5.41) is 12.7. The second kappa shape index (κ2) is 7.76. The zero-order valence-corrected chi connectivity index (χ0v) is 18.3. The van der Waals surface area contributed by atoms with Gasteiger partial charge in [0.1, 0.15) is 5.82 Å². The lowest BCUT2D eigenvalue weighted by Gasteiger charge is -2.19. The number of halogens is 1. The SMILES string of the molecule is Oc1cc(C2CN(Sc3cccc4ccccc34)c3ncccc32)ccc1OI. The topological polar surface area (TPSA) is 45.6 Å². The normalized spacial score (nSPS) is 15.5. The van der Waals surface area contributed by atoms with Gasteiger partial charge in [-0.25, -0.2) is 4.98 Å². The van der Waals surface area contributed by atoms with E-state index in [1.807, 2.05) is 24.4 Å². The molecule has 0 fully saturated rings. The second-order valence-corrected chi connectivity index (χ2v) is 8.41. The monoisotopic (exact) mass is 512 g/mol. The number of hydrogen-bond donors (Lipinski definition) is 1. The number of anilines is 1. The van der Waals surface area contributed by atoms with Gasteiger partial charge < -0.3 is 8.17 Å². The molecule has 1 atom stereocenters. The number of pyridine rings is 1. The third kappa shape index (κ3) is 3.40. The van der Waals surface area contributed by atoms with E-state index in [1.165, 1.54) is 21.2 Å². The quantitative estimate of drug-likeness (QED) is 0.256. The van der Waals surface area contributed by atoms with E-state index in [2.05, 4.69) is 57.8 Å². The van der Waals surface area contributed by atoms with Gasteiger partial charge in [-0.3, -0.25) is 4.31 Å². The summed E-state index contributed by atoms with van der Waals surface area (Å²) in [5.41, 5.74) is 2.22. The molecule has 29 heavy (non-hydrogen) atoms. The molecule has 4 aromatic rings. The van der Waals surface area contributed by atoms with Gasteiger partial charge in [-0.2, -0.15) is 0 Å². The van der Waals surface area contributed by atoms with Gasteiger partial charge in [0.2, 0.25) is 0 Å². The standard InChI is InChI=1S/C23H17IN2O2S/c24-28-21-11-10-16(13-20(21)27)19-14-26(23-18(19)8-4-12-25-23)29-22-9-3-6-15-5-1-2-7-17(15)22/h1-13,19,27H,14H2. The summed E-state index contributed by atoms with van der Waals surface area (Å²) in [6, 6.07) is 24.5. The lowest BCUT2D eigenvalue weighted by atomic mass is 9.94. The Kier molecular flexibility index (Phi) is 4.97. The van der Waals surface area contributed by atoms with Gasteiger partial charge in [-0.15, -0.1) is 0 Å². The van der Waals surface area contributed by atoms with Crippen LogP contribution in [0, 0.1) is 0 Å². The highest BCUT2D eigenvalue weighted by molar-refractivity contribution is 14.1. The first-order chi connectivity index (χ1) is 14.2. The Bertz CT molecular complexity index is 1200. The molecule has 4 nitrogen and oxygen atoms in total. The average molecular weight is 512 g/mol. The molecule has 0 aliphatic carbocycles. The first kappa shape index (κ1) is 18.6. The zero-order chi connectivity index (χ0) is 19.8. The highest BCUT2D eigenvalue weighted by Crippen LogP contribution is 2.45. The van der Waals surface area contributed by atoms with E-state index in [-0.39, 0.29) is 11.7 Å². The van der Waals surface area contributed by atoms with Crippen LogP contribution in [0.25, 0.3) is 10.8 Å². The Balaban J connectivity index is 1.52. The third-order valence-electron chi connectivity index (χ3n) is 5.20. The van der Waals surface area contributed by atoms with Crippen molar-refractivity contribution in [3.8, 4) is 11.5 Å². The van der Waals surface area contributed by atoms with Crippen LogP contribution in [0.2, 0.25) is 0 Å². The van der Waals surface area contributed by atoms with Gasteiger partial charge in [0.05, 0.1) is 0 Å². The highest BCUT2D eigenvalue weighted by atomic mass is 127. The molecule has 0 bridgehead atoms. The molecule has 5 rings (SSSR count). The van der Waals surface area contributed by atoms with E-state index in [1.54, 1.807) is 41.0 Å². The molecule has 144 valence electrons. The molecule has 3 aromatic carbocycles. The van der Waals surface area contributed by atoms with Crippen LogP contribution in [-0.4, -0.2) is 16.6 Å². The van der Waals surface area contributed by atoms with Crippen molar-refractivity contribution in [2.45, 2.75) is 10.8 Å². The number of nitrogens with zero attached hydrogens (tertiary/aromatic N) is 2. The summed E-state index contributed by atoms with van der Waals surface area (Å²) in [5.74, 6) is 1.74. The van der Waals surface area contributed by atoms with Crippen molar-refractivity contribution in [1.29, 1.82) is 0 Å². The first-order valence-corrected chi connectivity index (χ1v) is 10.9.